The van der Waals surface area contributed by atoms with Gasteiger partial charge in [-0.1, -0.05) is 0 Å². The first-order chi connectivity index (χ1) is 7.33. The van der Waals surface area contributed by atoms with Gasteiger partial charge in [0, 0.05) is 11.9 Å². The lowest BCUT2D eigenvalue weighted by molar-refractivity contribution is 1.08. The summed E-state index contributed by atoms with van der Waals surface area (Å²) in [5.74, 6) is 0.764. The van der Waals surface area contributed by atoms with Crippen molar-refractivity contribution in [3.05, 3.63) is 30.1 Å². The topological polar surface area (TPSA) is 70.2 Å². The van der Waals surface area contributed by atoms with Crippen LogP contribution in [-0.4, -0.2) is 25.1 Å². The Labute approximate surface area is 85.6 Å². The maximum Gasteiger partial charge on any atom is 0.178 e. The minimum Gasteiger partial charge on any atom is -0.335 e. The van der Waals surface area contributed by atoms with Crippen molar-refractivity contribution in [2.75, 3.05) is 0 Å². The van der Waals surface area contributed by atoms with E-state index < -0.39 is 0 Å². The van der Waals surface area contributed by atoms with Crippen LogP contribution < -0.4 is 0 Å². The molecule has 0 aromatic carbocycles. The highest BCUT2D eigenvalue weighted by atomic mass is 15.1. The van der Waals surface area contributed by atoms with Crippen molar-refractivity contribution in [3.63, 3.8) is 0 Å². The Morgan fingerprint density at radius 1 is 1.13 bits per heavy atom. The van der Waals surface area contributed by atoms with E-state index in [1.807, 2.05) is 25.1 Å². The van der Waals surface area contributed by atoms with Gasteiger partial charge in [0.25, 0.3) is 0 Å². The van der Waals surface area contributed by atoms with E-state index in [0.717, 1.165) is 28.4 Å². The summed E-state index contributed by atoms with van der Waals surface area (Å²) in [7, 11) is 0. The van der Waals surface area contributed by atoms with Gasteiger partial charge in [-0.05, 0) is 25.1 Å². The number of nitrogens with zero attached hydrogens (tertiary/aromatic N) is 3. The Morgan fingerprint density at radius 2 is 2.07 bits per heavy atom. The Bertz CT molecular complexity index is 593. The fourth-order valence-corrected chi connectivity index (χ4v) is 1.50. The van der Waals surface area contributed by atoms with Crippen LogP contribution in [0.5, 0.6) is 0 Å². The average Bonchev–Trinajstić information content (AvgIpc) is 2.84. The molecule has 0 aliphatic heterocycles. The zero-order valence-electron chi connectivity index (χ0n) is 8.15. The van der Waals surface area contributed by atoms with Crippen molar-refractivity contribution in [2.24, 2.45) is 0 Å². The summed E-state index contributed by atoms with van der Waals surface area (Å²) in [5, 5.41) is 6.74. The predicted molar refractivity (Wildman–Crippen MR) is 56.2 cm³/mol. The van der Waals surface area contributed by atoms with Gasteiger partial charge in [0.2, 0.25) is 0 Å². The smallest absolute Gasteiger partial charge is 0.178 e. The van der Waals surface area contributed by atoms with Crippen molar-refractivity contribution in [1.29, 1.82) is 0 Å². The van der Waals surface area contributed by atoms with Crippen molar-refractivity contribution < 1.29 is 0 Å². The Hall–Kier alpha value is -2.17. The number of hydrogen-bond donors (Lipinski definition) is 2. The molecule has 0 unspecified atom stereocenters. The number of H-pyrrole nitrogens is 2. The summed E-state index contributed by atoms with van der Waals surface area (Å²) in [6.07, 6.45) is 1.70. The monoisotopic (exact) mass is 199 g/mol. The van der Waals surface area contributed by atoms with E-state index in [1.54, 1.807) is 6.20 Å². The largest absolute Gasteiger partial charge is 0.335 e. The van der Waals surface area contributed by atoms with Crippen molar-refractivity contribution in [3.8, 4) is 11.5 Å². The maximum absolute atomic E-state index is 4.38. The second kappa shape index (κ2) is 2.91. The molecule has 3 aromatic rings. The van der Waals surface area contributed by atoms with Gasteiger partial charge in [-0.3, -0.25) is 5.10 Å². The fraction of sp³-hybridized carbons (Fsp3) is 0.100. The average molecular weight is 199 g/mol. The van der Waals surface area contributed by atoms with E-state index in [1.165, 1.54) is 0 Å². The molecule has 3 rings (SSSR count). The van der Waals surface area contributed by atoms with Gasteiger partial charge in [-0.25, -0.2) is 9.97 Å². The maximum atomic E-state index is 4.38. The Kier molecular flexibility index (Phi) is 1.58. The summed E-state index contributed by atoms with van der Waals surface area (Å²) in [4.78, 5) is 11.9. The highest BCUT2D eigenvalue weighted by Crippen LogP contribution is 2.16. The lowest BCUT2D eigenvalue weighted by Crippen LogP contribution is -1.81. The SMILES string of the molecule is Cc1ccc2[nH]c(-c3ccn[nH]3)nc2n1. The summed E-state index contributed by atoms with van der Waals surface area (Å²) in [5.41, 5.74) is 3.50. The molecular weight excluding hydrogens is 190 g/mol. The van der Waals surface area contributed by atoms with Crippen LogP contribution in [-0.2, 0) is 0 Å². The van der Waals surface area contributed by atoms with Crippen LogP contribution in [0, 0.1) is 6.92 Å². The number of fused-ring (bicyclic) bond motifs is 1. The lowest BCUT2D eigenvalue weighted by Gasteiger charge is -1.88. The van der Waals surface area contributed by atoms with Gasteiger partial charge in [-0.15, -0.1) is 0 Å². The highest BCUT2D eigenvalue weighted by Gasteiger charge is 2.06. The third kappa shape index (κ3) is 1.28. The van der Waals surface area contributed by atoms with E-state index >= 15 is 0 Å². The molecule has 3 heterocycles. The number of imidazole rings is 1. The van der Waals surface area contributed by atoms with Gasteiger partial charge >= 0.3 is 0 Å². The van der Waals surface area contributed by atoms with Gasteiger partial charge < -0.3 is 4.98 Å². The fourth-order valence-electron chi connectivity index (χ4n) is 1.50. The molecule has 74 valence electrons. The number of aromatic amines is 2. The first-order valence-corrected chi connectivity index (χ1v) is 4.66. The second-order valence-corrected chi connectivity index (χ2v) is 3.38. The number of aryl methyl sites for hydroxylation is 1. The number of pyridine rings is 1. The van der Waals surface area contributed by atoms with Crippen LogP contribution in [0.3, 0.4) is 0 Å². The first kappa shape index (κ1) is 8.16. The van der Waals surface area contributed by atoms with Crippen LogP contribution in [0.15, 0.2) is 24.4 Å². The van der Waals surface area contributed by atoms with Crippen LogP contribution >= 0.6 is 0 Å². The van der Waals surface area contributed by atoms with E-state index in [9.17, 15) is 0 Å². The number of nitrogens with one attached hydrogen (secondary N) is 2. The third-order valence-electron chi connectivity index (χ3n) is 2.24. The molecule has 15 heavy (non-hydrogen) atoms. The van der Waals surface area contributed by atoms with Gasteiger partial charge in [0.1, 0.15) is 5.69 Å². The first-order valence-electron chi connectivity index (χ1n) is 4.66. The highest BCUT2D eigenvalue weighted by molar-refractivity contribution is 5.74. The molecule has 0 saturated carbocycles. The Balaban J connectivity index is 2.22. The summed E-state index contributed by atoms with van der Waals surface area (Å²) < 4.78 is 0. The molecule has 0 atom stereocenters. The molecule has 0 spiro atoms. The second-order valence-electron chi connectivity index (χ2n) is 3.38. The van der Waals surface area contributed by atoms with E-state index in [0.29, 0.717) is 0 Å². The summed E-state index contributed by atoms with van der Waals surface area (Å²) in [6, 6.07) is 5.80. The quantitative estimate of drug-likeness (QED) is 0.626. The molecule has 0 fully saturated rings. The molecule has 0 aliphatic carbocycles. The summed E-state index contributed by atoms with van der Waals surface area (Å²) in [6.45, 7) is 1.95. The van der Waals surface area contributed by atoms with Crippen LogP contribution in [0.1, 0.15) is 5.69 Å². The minimum atomic E-state index is 0.736. The molecule has 0 aliphatic rings. The molecule has 2 N–H and O–H groups in total. The molecule has 0 saturated heterocycles. The molecule has 0 amide bonds. The number of rotatable bonds is 1. The van der Waals surface area contributed by atoms with Crippen LogP contribution in [0.25, 0.3) is 22.7 Å². The van der Waals surface area contributed by atoms with Crippen molar-refractivity contribution >= 4 is 11.2 Å². The number of aromatic nitrogens is 5. The normalized spacial score (nSPS) is 11.0. The summed E-state index contributed by atoms with van der Waals surface area (Å²) >= 11 is 0. The van der Waals surface area contributed by atoms with E-state index in [2.05, 4.69) is 25.1 Å². The molecule has 3 aromatic heterocycles. The number of hydrogen-bond acceptors (Lipinski definition) is 3. The minimum absolute atomic E-state index is 0.736. The lowest BCUT2D eigenvalue weighted by atomic mass is 10.3. The van der Waals surface area contributed by atoms with Crippen molar-refractivity contribution in [2.45, 2.75) is 6.92 Å². The van der Waals surface area contributed by atoms with E-state index in [4.69, 9.17) is 0 Å². The zero-order valence-corrected chi connectivity index (χ0v) is 8.15. The zero-order chi connectivity index (χ0) is 10.3. The molecule has 5 heteroatoms. The molecular formula is C10H9N5. The third-order valence-corrected chi connectivity index (χ3v) is 2.24. The van der Waals surface area contributed by atoms with E-state index in [-0.39, 0.29) is 0 Å². The Morgan fingerprint density at radius 3 is 2.87 bits per heavy atom. The van der Waals surface area contributed by atoms with Crippen molar-refractivity contribution in [1.82, 2.24) is 25.1 Å². The molecule has 5 nitrogen and oxygen atoms in total. The standard InChI is InChI=1S/C10H9N5/c1-6-2-3-7-9(12-6)14-10(13-7)8-4-5-11-15-8/h2-5H,1H3,(H,11,15)(H,12,13,14). The predicted octanol–water partition coefficient (Wildman–Crippen LogP) is 1.66. The van der Waals surface area contributed by atoms with Gasteiger partial charge in [-0.2, -0.15) is 5.10 Å². The van der Waals surface area contributed by atoms with Gasteiger partial charge in [0.15, 0.2) is 11.5 Å². The van der Waals surface area contributed by atoms with Gasteiger partial charge in [0.05, 0.1) is 5.52 Å². The molecule has 0 radical (unpaired) electrons. The molecule has 0 bridgehead atoms. The van der Waals surface area contributed by atoms with Crippen LogP contribution in [0.4, 0.5) is 0 Å². The van der Waals surface area contributed by atoms with Crippen LogP contribution in [0.2, 0.25) is 0 Å².